The van der Waals surface area contributed by atoms with Crippen molar-refractivity contribution in [1.82, 2.24) is 5.32 Å². The summed E-state index contributed by atoms with van der Waals surface area (Å²) >= 11 is 0. The molecule has 1 aliphatic rings. The fourth-order valence-electron chi connectivity index (χ4n) is 2.34. The summed E-state index contributed by atoms with van der Waals surface area (Å²) in [6, 6.07) is -1.60. The average Bonchev–Trinajstić information content (AvgIpc) is 2.79. The number of rotatable bonds is 8. The van der Waals surface area contributed by atoms with E-state index < -0.39 is 30.0 Å². The van der Waals surface area contributed by atoms with Gasteiger partial charge < -0.3 is 26.4 Å². The van der Waals surface area contributed by atoms with E-state index in [1.165, 1.54) is 0 Å². The average molecular weight is 296 g/mol. The molecule has 1 aliphatic heterocycles. The third-order valence-electron chi connectivity index (χ3n) is 3.55. The fourth-order valence-corrected chi connectivity index (χ4v) is 2.34. The minimum Gasteiger partial charge on any atom is -0.480 e. The topological polar surface area (TPSA) is 133 Å². The van der Waals surface area contributed by atoms with Gasteiger partial charge in [-0.25, -0.2) is 4.79 Å². The van der Waals surface area contributed by atoms with Crippen molar-refractivity contribution in [1.29, 1.82) is 0 Å². The largest absolute Gasteiger partial charge is 0.480 e. The SMILES string of the molecule is C=CC1NC=C(CC(O)(CC(N)C(=O)O)C(=O)O)C1C=C. The van der Waals surface area contributed by atoms with Gasteiger partial charge >= 0.3 is 11.9 Å². The Morgan fingerprint density at radius 3 is 2.48 bits per heavy atom. The van der Waals surface area contributed by atoms with Crippen LogP contribution in [-0.4, -0.2) is 44.9 Å². The summed E-state index contributed by atoms with van der Waals surface area (Å²) in [5, 5.41) is 31.3. The summed E-state index contributed by atoms with van der Waals surface area (Å²) in [5.74, 6) is -3.09. The molecule has 0 amide bonds. The van der Waals surface area contributed by atoms with Crippen LogP contribution in [0.15, 0.2) is 37.1 Å². The molecule has 4 unspecified atom stereocenters. The Kier molecular flexibility index (Phi) is 5.28. The Balaban J connectivity index is 2.93. The maximum Gasteiger partial charge on any atom is 0.336 e. The number of aliphatic hydroxyl groups is 1. The van der Waals surface area contributed by atoms with Crippen molar-refractivity contribution in [2.24, 2.45) is 11.7 Å². The summed E-state index contributed by atoms with van der Waals surface area (Å²) in [5.41, 5.74) is 3.70. The van der Waals surface area contributed by atoms with E-state index in [0.717, 1.165) is 0 Å². The first-order valence-electron chi connectivity index (χ1n) is 6.39. The van der Waals surface area contributed by atoms with Gasteiger partial charge in [0.05, 0.1) is 6.04 Å². The van der Waals surface area contributed by atoms with Crippen LogP contribution in [0.3, 0.4) is 0 Å². The van der Waals surface area contributed by atoms with E-state index in [4.69, 9.17) is 10.8 Å². The highest BCUT2D eigenvalue weighted by molar-refractivity contribution is 5.80. The summed E-state index contributed by atoms with van der Waals surface area (Å²) in [6.45, 7) is 7.34. The van der Waals surface area contributed by atoms with E-state index in [2.05, 4.69) is 18.5 Å². The van der Waals surface area contributed by atoms with E-state index >= 15 is 0 Å². The van der Waals surface area contributed by atoms with E-state index in [1.54, 1.807) is 18.4 Å². The fraction of sp³-hybridized carbons (Fsp3) is 0.429. The zero-order valence-electron chi connectivity index (χ0n) is 11.5. The van der Waals surface area contributed by atoms with Crippen molar-refractivity contribution in [3.05, 3.63) is 37.1 Å². The van der Waals surface area contributed by atoms with Crippen LogP contribution in [0.5, 0.6) is 0 Å². The maximum absolute atomic E-state index is 11.3. The van der Waals surface area contributed by atoms with Crippen LogP contribution in [0.25, 0.3) is 0 Å². The van der Waals surface area contributed by atoms with Gasteiger partial charge in [-0.3, -0.25) is 4.79 Å². The number of nitrogens with one attached hydrogen (secondary N) is 1. The summed E-state index contributed by atoms with van der Waals surface area (Å²) < 4.78 is 0. The minimum atomic E-state index is -2.25. The number of carboxylic acid groups (broad SMARTS) is 2. The smallest absolute Gasteiger partial charge is 0.336 e. The Labute approximate surface area is 122 Å². The molecule has 6 N–H and O–H groups in total. The zero-order valence-corrected chi connectivity index (χ0v) is 11.5. The van der Waals surface area contributed by atoms with Crippen LogP contribution in [0.1, 0.15) is 12.8 Å². The van der Waals surface area contributed by atoms with Gasteiger partial charge in [-0.2, -0.15) is 0 Å². The van der Waals surface area contributed by atoms with Gasteiger partial charge in [0, 0.05) is 18.8 Å². The Morgan fingerprint density at radius 1 is 1.43 bits per heavy atom. The summed E-state index contributed by atoms with van der Waals surface area (Å²) in [4.78, 5) is 22.1. The van der Waals surface area contributed by atoms with E-state index in [-0.39, 0.29) is 18.4 Å². The number of carbonyl (C=O) groups is 2. The van der Waals surface area contributed by atoms with Gasteiger partial charge in [0.25, 0.3) is 0 Å². The predicted molar refractivity (Wildman–Crippen MR) is 76.3 cm³/mol. The molecule has 0 saturated carbocycles. The molecule has 7 heteroatoms. The molecule has 0 aromatic carbocycles. The second-order valence-electron chi connectivity index (χ2n) is 5.07. The van der Waals surface area contributed by atoms with Crippen LogP contribution < -0.4 is 11.1 Å². The van der Waals surface area contributed by atoms with Crippen LogP contribution in [0.2, 0.25) is 0 Å². The van der Waals surface area contributed by atoms with E-state index in [1.807, 2.05) is 0 Å². The molecule has 1 rings (SSSR count). The molecule has 0 spiro atoms. The molecule has 0 saturated heterocycles. The highest BCUT2D eigenvalue weighted by atomic mass is 16.4. The Hall–Kier alpha value is -2.12. The first-order valence-corrected chi connectivity index (χ1v) is 6.39. The molecule has 0 bridgehead atoms. The van der Waals surface area contributed by atoms with E-state index in [9.17, 15) is 19.8 Å². The molecule has 21 heavy (non-hydrogen) atoms. The molecule has 0 aromatic rings. The van der Waals surface area contributed by atoms with Crippen molar-refractivity contribution >= 4 is 11.9 Å². The number of aliphatic carboxylic acids is 2. The first kappa shape index (κ1) is 16.9. The van der Waals surface area contributed by atoms with Crippen molar-refractivity contribution < 1.29 is 24.9 Å². The molecule has 1 heterocycles. The van der Waals surface area contributed by atoms with Crippen molar-refractivity contribution in [3.8, 4) is 0 Å². The Morgan fingerprint density at radius 2 is 2.05 bits per heavy atom. The lowest BCUT2D eigenvalue weighted by molar-refractivity contribution is -0.161. The zero-order chi connectivity index (χ0) is 16.2. The summed E-state index contributed by atoms with van der Waals surface area (Å²) in [7, 11) is 0. The third-order valence-corrected chi connectivity index (χ3v) is 3.55. The van der Waals surface area contributed by atoms with Gasteiger partial charge in [-0.1, -0.05) is 12.2 Å². The normalized spacial score (nSPS) is 25.1. The van der Waals surface area contributed by atoms with Gasteiger partial charge in [0.15, 0.2) is 5.60 Å². The second kappa shape index (κ2) is 6.55. The van der Waals surface area contributed by atoms with Gasteiger partial charge in [0.1, 0.15) is 6.04 Å². The molecule has 0 aromatic heterocycles. The molecular formula is C14H20N2O5. The van der Waals surface area contributed by atoms with Crippen LogP contribution in [0, 0.1) is 5.92 Å². The molecule has 7 nitrogen and oxygen atoms in total. The number of hydrogen-bond donors (Lipinski definition) is 5. The van der Waals surface area contributed by atoms with Gasteiger partial charge in [-0.05, 0) is 11.8 Å². The van der Waals surface area contributed by atoms with Crippen molar-refractivity contribution in [3.63, 3.8) is 0 Å². The standard InChI is InChI=1S/C14H20N2O5/c1-3-9-8(7-16-11(9)4-2)5-14(21,13(19)20)6-10(15)12(17)18/h3-4,7,9-11,16,21H,1-2,5-6,15H2,(H,17,18)(H,19,20). The third kappa shape index (κ3) is 3.71. The second-order valence-corrected chi connectivity index (χ2v) is 5.07. The number of hydrogen-bond acceptors (Lipinski definition) is 5. The van der Waals surface area contributed by atoms with Crippen molar-refractivity contribution in [2.45, 2.75) is 30.5 Å². The molecule has 4 atom stereocenters. The summed E-state index contributed by atoms with van der Waals surface area (Å²) in [6.07, 6.45) is 4.05. The molecule has 0 aliphatic carbocycles. The maximum atomic E-state index is 11.3. The molecule has 0 radical (unpaired) electrons. The minimum absolute atomic E-state index is 0.135. The number of nitrogens with two attached hydrogens (primary N) is 1. The Bertz CT molecular complexity index is 488. The van der Waals surface area contributed by atoms with Gasteiger partial charge in [0.2, 0.25) is 0 Å². The van der Waals surface area contributed by atoms with Crippen LogP contribution in [-0.2, 0) is 9.59 Å². The highest BCUT2D eigenvalue weighted by Gasteiger charge is 2.42. The van der Waals surface area contributed by atoms with Crippen LogP contribution >= 0.6 is 0 Å². The van der Waals surface area contributed by atoms with Gasteiger partial charge in [-0.15, -0.1) is 13.2 Å². The molecular weight excluding hydrogens is 276 g/mol. The predicted octanol–water partition coefficient (Wildman–Crippen LogP) is -0.162. The monoisotopic (exact) mass is 296 g/mol. The quantitative estimate of drug-likeness (QED) is 0.393. The molecule has 0 fully saturated rings. The number of carboxylic acids is 2. The lowest BCUT2D eigenvalue weighted by Gasteiger charge is -2.27. The van der Waals surface area contributed by atoms with Crippen molar-refractivity contribution in [2.75, 3.05) is 0 Å². The van der Waals surface area contributed by atoms with Crippen LogP contribution in [0.4, 0.5) is 0 Å². The van der Waals surface area contributed by atoms with E-state index in [0.29, 0.717) is 5.57 Å². The molecule has 116 valence electrons. The lowest BCUT2D eigenvalue weighted by Crippen LogP contribution is -2.47. The first-order chi connectivity index (χ1) is 9.75. The highest BCUT2D eigenvalue weighted by Crippen LogP contribution is 2.32. The lowest BCUT2D eigenvalue weighted by atomic mass is 9.83.